The van der Waals surface area contributed by atoms with Crippen LogP contribution in [0.3, 0.4) is 0 Å². The molecular weight excluding hydrogens is 484 g/mol. The fourth-order valence-electron chi connectivity index (χ4n) is 6.69. The quantitative estimate of drug-likeness (QED) is 0.208. The average molecular weight is 519 g/mol. The lowest BCUT2D eigenvalue weighted by molar-refractivity contribution is -0.235. The zero-order valence-electron chi connectivity index (χ0n) is 21.3. The van der Waals surface area contributed by atoms with Gasteiger partial charge in [-0.25, -0.2) is 14.4 Å². The van der Waals surface area contributed by atoms with Crippen LogP contribution in [0.4, 0.5) is 0 Å². The van der Waals surface area contributed by atoms with Gasteiger partial charge in [0.05, 0.1) is 24.7 Å². The largest absolute Gasteiger partial charge is 0.463 e. The van der Waals surface area contributed by atoms with Crippen molar-refractivity contribution in [1.29, 1.82) is 0 Å². The molecule has 1 saturated carbocycles. The second kappa shape index (κ2) is 9.34. The van der Waals surface area contributed by atoms with Crippen molar-refractivity contribution in [2.45, 2.75) is 76.2 Å². The van der Waals surface area contributed by atoms with Crippen molar-refractivity contribution in [2.24, 2.45) is 16.7 Å². The van der Waals surface area contributed by atoms with Crippen molar-refractivity contribution < 1.29 is 48.3 Å². The van der Waals surface area contributed by atoms with Crippen molar-refractivity contribution in [3.05, 3.63) is 36.0 Å². The molecule has 3 fully saturated rings. The Morgan fingerprint density at radius 1 is 1.00 bits per heavy atom. The predicted octanol–water partition coefficient (Wildman–Crippen LogP) is 1.14. The van der Waals surface area contributed by atoms with Gasteiger partial charge in [-0.15, -0.1) is 0 Å². The van der Waals surface area contributed by atoms with Crippen molar-refractivity contribution in [3.63, 3.8) is 0 Å². The third kappa shape index (κ3) is 3.96. The van der Waals surface area contributed by atoms with Crippen molar-refractivity contribution in [2.75, 3.05) is 19.8 Å². The monoisotopic (exact) mass is 518 g/mol. The Labute approximate surface area is 215 Å². The molecule has 10 heteroatoms. The number of hydrogen-bond acceptors (Lipinski definition) is 10. The summed E-state index contributed by atoms with van der Waals surface area (Å²) >= 11 is 0. The smallest absolute Gasteiger partial charge is 0.335 e. The molecular formula is C27H34O10. The van der Waals surface area contributed by atoms with Crippen LogP contribution in [0.1, 0.15) is 40.0 Å². The van der Waals surface area contributed by atoms with E-state index in [0.717, 1.165) is 11.6 Å². The minimum atomic E-state index is -1.43. The van der Waals surface area contributed by atoms with Gasteiger partial charge in [-0.3, -0.25) is 0 Å². The van der Waals surface area contributed by atoms with Crippen molar-refractivity contribution in [3.8, 4) is 0 Å². The Hall–Kier alpha value is -2.53. The van der Waals surface area contributed by atoms with E-state index in [1.165, 1.54) is 18.2 Å². The van der Waals surface area contributed by atoms with Gasteiger partial charge in [0.25, 0.3) is 0 Å². The first-order valence-corrected chi connectivity index (χ1v) is 12.8. The van der Waals surface area contributed by atoms with Crippen LogP contribution in [0.5, 0.6) is 0 Å². The van der Waals surface area contributed by atoms with Gasteiger partial charge in [0.15, 0.2) is 6.10 Å². The van der Waals surface area contributed by atoms with E-state index in [-0.39, 0.29) is 19.6 Å². The molecule has 0 amide bonds. The Bertz CT molecular complexity index is 1060. The number of ether oxygens (including phenoxy) is 5. The van der Waals surface area contributed by atoms with E-state index in [1.807, 2.05) is 19.9 Å². The van der Waals surface area contributed by atoms with Crippen molar-refractivity contribution in [1.82, 2.24) is 0 Å². The summed E-state index contributed by atoms with van der Waals surface area (Å²) in [6, 6.07) is 0. The van der Waals surface area contributed by atoms with Gasteiger partial charge in [-0.1, -0.05) is 37.6 Å². The topological polar surface area (TPSA) is 141 Å². The molecule has 10 nitrogen and oxygen atoms in total. The number of aliphatic hydroxyl groups is 2. The first kappa shape index (κ1) is 26.1. The van der Waals surface area contributed by atoms with Crippen LogP contribution in [0, 0.1) is 16.7 Å². The Balaban J connectivity index is 1.55. The van der Waals surface area contributed by atoms with Gasteiger partial charge >= 0.3 is 17.9 Å². The highest BCUT2D eigenvalue weighted by molar-refractivity contribution is 5.84. The maximum Gasteiger partial charge on any atom is 0.335 e. The molecule has 202 valence electrons. The fraction of sp³-hybridized carbons (Fsp3) is 0.667. The highest BCUT2D eigenvalue weighted by atomic mass is 16.7. The van der Waals surface area contributed by atoms with Crippen LogP contribution >= 0.6 is 0 Å². The molecule has 0 aromatic carbocycles. The molecule has 2 spiro atoms. The molecule has 2 bridgehead atoms. The zero-order chi connectivity index (χ0) is 26.6. The van der Waals surface area contributed by atoms with E-state index in [0.29, 0.717) is 19.4 Å². The number of allylic oxidation sites excluding steroid dienone is 3. The molecule has 2 N–H and O–H groups in total. The number of cyclic esters (lactones) is 2. The SMILES string of the molecule is CC1=C[C@H]2O[C@@H]3[C@H](O)[C@H]4OC(=O)/C=C\C=C\C(=O)OCC[C@@H](C)[C@H](O)C(=O)OC[C@@]2(CC1)[C@]4(C)[C@]31CO1. The van der Waals surface area contributed by atoms with Gasteiger partial charge in [0.2, 0.25) is 0 Å². The van der Waals surface area contributed by atoms with Gasteiger partial charge in [0, 0.05) is 17.6 Å². The summed E-state index contributed by atoms with van der Waals surface area (Å²) in [5.41, 5.74) is -1.64. The molecule has 0 aromatic rings. The molecule has 0 unspecified atom stereocenters. The van der Waals surface area contributed by atoms with E-state index in [2.05, 4.69) is 0 Å². The predicted molar refractivity (Wildman–Crippen MR) is 127 cm³/mol. The van der Waals surface area contributed by atoms with E-state index >= 15 is 0 Å². The van der Waals surface area contributed by atoms with E-state index in [1.54, 1.807) is 6.92 Å². The molecule has 3 heterocycles. The molecule has 0 radical (unpaired) electrons. The minimum absolute atomic E-state index is 0.00322. The summed E-state index contributed by atoms with van der Waals surface area (Å²) in [7, 11) is 0. The standard InChI is InChI=1S/C27H34O10/c1-15-8-10-26-13-34-24(32)20(30)16(2)9-11-33-18(28)6-4-5-7-19(29)37-22-21(31)23(36-17(26)12-15)27(14-35-27)25(22,26)3/h4-7,12,16-17,20-23,30-31H,8-11,13-14H2,1-3H3/b6-4+,7-5-/t16-,17-,20+,21-,22-,23-,25-,26-,27+/m1/s1. The number of esters is 3. The Morgan fingerprint density at radius 3 is 2.41 bits per heavy atom. The summed E-state index contributed by atoms with van der Waals surface area (Å²) in [6.07, 6.45) is 3.66. The third-order valence-corrected chi connectivity index (χ3v) is 9.15. The maximum atomic E-state index is 13.0. The lowest BCUT2D eigenvalue weighted by Crippen LogP contribution is -2.67. The molecule has 2 aliphatic carbocycles. The van der Waals surface area contributed by atoms with Crippen LogP contribution < -0.4 is 0 Å². The molecule has 5 aliphatic rings. The second-order valence-corrected chi connectivity index (χ2v) is 11.1. The van der Waals surface area contributed by atoms with Gasteiger partial charge in [-0.05, 0) is 32.1 Å². The molecule has 0 aromatic heterocycles. The summed E-state index contributed by atoms with van der Waals surface area (Å²) in [5, 5.41) is 22.0. The molecule has 2 saturated heterocycles. The molecule has 37 heavy (non-hydrogen) atoms. The van der Waals surface area contributed by atoms with Crippen molar-refractivity contribution >= 4 is 17.9 Å². The van der Waals surface area contributed by atoms with E-state index in [9.17, 15) is 24.6 Å². The highest BCUT2D eigenvalue weighted by Crippen LogP contribution is 2.72. The number of hydrogen-bond donors (Lipinski definition) is 2. The normalized spacial score (nSPS) is 47.9. The van der Waals surface area contributed by atoms with Gasteiger partial charge in [-0.2, -0.15) is 0 Å². The molecule has 3 aliphatic heterocycles. The lowest BCUT2D eigenvalue weighted by Gasteiger charge is -2.58. The van der Waals surface area contributed by atoms with Gasteiger partial charge in [0.1, 0.15) is 30.5 Å². The number of aliphatic hydroxyl groups excluding tert-OH is 2. The number of carbonyl (C=O) groups is 3. The summed E-state index contributed by atoms with van der Waals surface area (Å²) < 4.78 is 29.1. The first-order chi connectivity index (χ1) is 17.6. The second-order valence-electron chi connectivity index (χ2n) is 11.1. The van der Waals surface area contributed by atoms with E-state index in [4.69, 9.17) is 23.7 Å². The van der Waals surface area contributed by atoms with Gasteiger partial charge < -0.3 is 33.9 Å². The fourth-order valence-corrected chi connectivity index (χ4v) is 6.69. The Morgan fingerprint density at radius 2 is 1.70 bits per heavy atom. The van der Waals surface area contributed by atoms with E-state index < -0.39 is 70.8 Å². The van der Waals surface area contributed by atoms with Crippen LogP contribution in [0.2, 0.25) is 0 Å². The number of carbonyl (C=O) groups excluding carboxylic acids is 3. The highest BCUT2D eigenvalue weighted by Gasteiger charge is 2.85. The maximum absolute atomic E-state index is 13.0. The number of epoxide rings is 1. The zero-order valence-corrected chi connectivity index (χ0v) is 21.3. The lowest BCUT2D eigenvalue weighted by atomic mass is 9.51. The summed E-state index contributed by atoms with van der Waals surface area (Å²) in [6.45, 7) is 5.78. The van der Waals surface area contributed by atoms with Crippen LogP contribution in [0.15, 0.2) is 36.0 Å². The third-order valence-electron chi connectivity index (χ3n) is 9.15. The van der Waals surface area contributed by atoms with Crippen LogP contribution in [0.25, 0.3) is 0 Å². The molecule has 5 rings (SSSR count). The average Bonchev–Trinajstić information content (AvgIpc) is 3.65. The molecule has 9 atom stereocenters. The summed E-state index contributed by atoms with van der Waals surface area (Å²) in [4.78, 5) is 37.7. The minimum Gasteiger partial charge on any atom is -0.463 e. The Kier molecular flexibility index (Phi) is 6.59. The first-order valence-electron chi connectivity index (χ1n) is 12.8. The summed E-state index contributed by atoms with van der Waals surface area (Å²) in [5.74, 6) is -2.66. The number of rotatable bonds is 0. The van der Waals surface area contributed by atoms with Crippen LogP contribution in [-0.4, -0.2) is 84.1 Å². The van der Waals surface area contributed by atoms with Crippen LogP contribution in [-0.2, 0) is 38.1 Å².